The molecule has 1 saturated heterocycles. The van der Waals surface area contributed by atoms with Gasteiger partial charge in [-0.15, -0.1) is 0 Å². The van der Waals surface area contributed by atoms with E-state index in [0.717, 1.165) is 56.4 Å². The van der Waals surface area contributed by atoms with Crippen molar-refractivity contribution in [1.82, 2.24) is 4.90 Å². The van der Waals surface area contributed by atoms with E-state index in [1.807, 2.05) is 0 Å². The molecule has 5 unspecified atom stereocenters. The van der Waals surface area contributed by atoms with Crippen molar-refractivity contribution in [1.29, 1.82) is 0 Å². The minimum Gasteiger partial charge on any atom is -0.388 e. The Hall–Kier alpha value is -0.900. The Kier molecular flexibility index (Phi) is 7.22. The van der Waals surface area contributed by atoms with Gasteiger partial charge in [0.05, 0.1) is 18.8 Å². The molecule has 4 rings (SSSR count). The summed E-state index contributed by atoms with van der Waals surface area (Å²) in [5.74, 6) is 1.64. The zero-order valence-corrected chi connectivity index (χ0v) is 19.4. The quantitative estimate of drug-likeness (QED) is 0.631. The van der Waals surface area contributed by atoms with Gasteiger partial charge in [-0.3, -0.25) is 4.90 Å². The number of rotatable bonds is 5. The Morgan fingerprint density at radius 3 is 2.90 bits per heavy atom. The van der Waals surface area contributed by atoms with Crippen LogP contribution in [0.1, 0.15) is 78.1 Å². The van der Waals surface area contributed by atoms with Gasteiger partial charge in [0.15, 0.2) is 0 Å². The molecule has 0 aromatic carbocycles. The number of hydrogen-bond donors (Lipinski definition) is 1. The standard InChI is InChI=1S/C27H43NO2/c1-20-19-28(17-18-30-20)16-6-9-24-13-14-25-23(8-5-15-27(24,25)3)12-11-22-7-4-10-26(29)21(22)2/h11-12,20,24-26,29H,2,4-10,13-19H2,1,3H3/b22-11-,23-12+. The second-order valence-electron chi connectivity index (χ2n) is 10.7. The molecule has 0 aromatic rings. The van der Waals surface area contributed by atoms with Crippen molar-refractivity contribution in [3.05, 3.63) is 35.5 Å². The highest BCUT2D eigenvalue weighted by Gasteiger charge is 2.48. The van der Waals surface area contributed by atoms with Gasteiger partial charge in [0.2, 0.25) is 0 Å². The van der Waals surface area contributed by atoms with E-state index in [4.69, 9.17) is 4.74 Å². The lowest BCUT2D eigenvalue weighted by molar-refractivity contribution is -0.0194. The van der Waals surface area contributed by atoms with Crippen molar-refractivity contribution >= 4 is 0 Å². The fourth-order valence-corrected chi connectivity index (χ4v) is 6.91. The monoisotopic (exact) mass is 413 g/mol. The van der Waals surface area contributed by atoms with Crippen LogP contribution >= 0.6 is 0 Å². The molecule has 4 fully saturated rings. The third-order valence-electron chi connectivity index (χ3n) is 8.75. The largest absolute Gasteiger partial charge is 0.388 e. The molecule has 3 aliphatic carbocycles. The molecule has 1 N–H and O–H groups in total. The number of aliphatic hydroxyl groups is 1. The van der Waals surface area contributed by atoms with E-state index in [1.54, 1.807) is 5.57 Å². The normalized spacial score (nSPS) is 40.8. The molecule has 1 heterocycles. The first kappa shape index (κ1) is 22.3. The number of aliphatic hydroxyl groups excluding tert-OH is 1. The van der Waals surface area contributed by atoms with Crippen LogP contribution < -0.4 is 0 Å². The summed E-state index contributed by atoms with van der Waals surface area (Å²) in [5.41, 5.74) is 4.40. The zero-order chi connectivity index (χ0) is 21.1. The average molecular weight is 414 g/mol. The third-order valence-corrected chi connectivity index (χ3v) is 8.75. The van der Waals surface area contributed by atoms with Crippen LogP contribution in [0.2, 0.25) is 0 Å². The molecule has 5 atom stereocenters. The van der Waals surface area contributed by atoms with E-state index >= 15 is 0 Å². The summed E-state index contributed by atoms with van der Waals surface area (Å²) >= 11 is 0. The van der Waals surface area contributed by atoms with E-state index in [0.29, 0.717) is 11.5 Å². The Labute approximate surface area is 184 Å². The van der Waals surface area contributed by atoms with Gasteiger partial charge >= 0.3 is 0 Å². The van der Waals surface area contributed by atoms with Crippen molar-refractivity contribution in [3.63, 3.8) is 0 Å². The van der Waals surface area contributed by atoms with Crippen LogP contribution in [0.3, 0.4) is 0 Å². The van der Waals surface area contributed by atoms with Crippen molar-refractivity contribution in [2.45, 2.75) is 90.3 Å². The molecule has 30 heavy (non-hydrogen) atoms. The molecule has 0 amide bonds. The Morgan fingerprint density at radius 2 is 2.07 bits per heavy atom. The first-order valence-corrected chi connectivity index (χ1v) is 12.6. The van der Waals surface area contributed by atoms with Crippen molar-refractivity contribution in [2.24, 2.45) is 17.3 Å². The molecular weight excluding hydrogens is 370 g/mol. The minimum absolute atomic E-state index is 0.328. The lowest BCUT2D eigenvalue weighted by Crippen LogP contribution is -2.41. The average Bonchev–Trinajstić information content (AvgIpc) is 3.06. The maximum absolute atomic E-state index is 10.1. The molecule has 4 aliphatic rings. The highest BCUT2D eigenvalue weighted by molar-refractivity contribution is 5.37. The summed E-state index contributed by atoms with van der Waals surface area (Å²) < 4.78 is 5.69. The number of morpholine rings is 1. The van der Waals surface area contributed by atoms with Gasteiger partial charge in [-0.1, -0.05) is 31.2 Å². The summed E-state index contributed by atoms with van der Waals surface area (Å²) in [6.07, 6.45) is 17.3. The number of ether oxygens (including phenoxy) is 1. The Bertz CT molecular complexity index is 680. The topological polar surface area (TPSA) is 32.7 Å². The van der Waals surface area contributed by atoms with Crippen LogP contribution in [0.4, 0.5) is 0 Å². The SMILES string of the molecule is C=C1/C(=C\C=C2/CCCC3(C)C(CCCN4CCOC(C)C4)CCC23)CCCC1O. The summed E-state index contributed by atoms with van der Waals surface area (Å²) in [6, 6.07) is 0. The number of nitrogens with zero attached hydrogens (tertiary/aromatic N) is 1. The van der Waals surface area contributed by atoms with Crippen LogP contribution in [0, 0.1) is 17.3 Å². The third kappa shape index (κ3) is 4.79. The molecule has 168 valence electrons. The Morgan fingerprint density at radius 1 is 1.20 bits per heavy atom. The van der Waals surface area contributed by atoms with E-state index in [1.165, 1.54) is 57.1 Å². The molecule has 0 radical (unpaired) electrons. The van der Waals surface area contributed by atoms with Crippen molar-refractivity contribution < 1.29 is 9.84 Å². The lowest BCUT2D eigenvalue weighted by atomic mass is 9.62. The van der Waals surface area contributed by atoms with Crippen molar-refractivity contribution in [3.8, 4) is 0 Å². The number of allylic oxidation sites excluding steroid dienone is 3. The molecule has 1 aliphatic heterocycles. The zero-order valence-electron chi connectivity index (χ0n) is 19.4. The summed E-state index contributed by atoms with van der Waals surface area (Å²) in [4.78, 5) is 2.60. The fraction of sp³-hybridized carbons (Fsp3) is 0.778. The van der Waals surface area contributed by atoms with Crippen LogP contribution in [0.15, 0.2) is 35.5 Å². The second kappa shape index (κ2) is 9.71. The van der Waals surface area contributed by atoms with Gasteiger partial charge in [-0.25, -0.2) is 0 Å². The molecule has 0 aromatic heterocycles. The fourth-order valence-electron chi connectivity index (χ4n) is 6.91. The second-order valence-corrected chi connectivity index (χ2v) is 10.7. The maximum Gasteiger partial charge on any atom is 0.0787 e. The van der Waals surface area contributed by atoms with Crippen molar-refractivity contribution in [2.75, 3.05) is 26.2 Å². The first-order valence-electron chi connectivity index (χ1n) is 12.6. The predicted molar refractivity (Wildman–Crippen MR) is 124 cm³/mol. The van der Waals surface area contributed by atoms with Gasteiger partial charge in [0, 0.05) is 13.1 Å². The van der Waals surface area contributed by atoms with Gasteiger partial charge < -0.3 is 9.84 Å². The van der Waals surface area contributed by atoms with Gasteiger partial charge in [0.25, 0.3) is 0 Å². The number of hydrogen-bond acceptors (Lipinski definition) is 3. The summed E-state index contributed by atoms with van der Waals surface area (Å²) in [6.45, 7) is 13.3. The first-order chi connectivity index (χ1) is 14.5. The van der Waals surface area contributed by atoms with Crippen LogP contribution in [-0.2, 0) is 4.74 Å². The number of fused-ring (bicyclic) bond motifs is 1. The molecule has 3 heteroatoms. The highest BCUT2D eigenvalue weighted by Crippen LogP contribution is 2.58. The molecular formula is C27H43NO2. The van der Waals surface area contributed by atoms with Gasteiger partial charge in [-0.05, 0) is 106 Å². The predicted octanol–water partition coefficient (Wildman–Crippen LogP) is 5.66. The summed E-state index contributed by atoms with van der Waals surface area (Å²) in [5, 5.41) is 10.1. The molecule has 0 spiro atoms. The van der Waals surface area contributed by atoms with Crippen LogP contribution in [-0.4, -0.2) is 48.5 Å². The smallest absolute Gasteiger partial charge is 0.0787 e. The molecule has 3 saturated carbocycles. The van der Waals surface area contributed by atoms with E-state index < -0.39 is 0 Å². The van der Waals surface area contributed by atoms with Gasteiger partial charge in [0.1, 0.15) is 0 Å². The van der Waals surface area contributed by atoms with E-state index in [9.17, 15) is 5.11 Å². The maximum atomic E-state index is 10.1. The van der Waals surface area contributed by atoms with Gasteiger partial charge in [-0.2, -0.15) is 0 Å². The Balaban J connectivity index is 1.36. The van der Waals surface area contributed by atoms with E-state index in [2.05, 4.69) is 37.5 Å². The molecule has 0 bridgehead atoms. The van der Waals surface area contributed by atoms with Crippen LogP contribution in [0.5, 0.6) is 0 Å². The molecule has 3 nitrogen and oxygen atoms in total. The van der Waals surface area contributed by atoms with E-state index in [-0.39, 0.29) is 6.10 Å². The summed E-state index contributed by atoms with van der Waals surface area (Å²) in [7, 11) is 0. The lowest BCUT2D eigenvalue weighted by Gasteiger charge is -2.42. The minimum atomic E-state index is -0.328. The highest BCUT2D eigenvalue weighted by atomic mass is 16.5. The van der Waals surface area contributed by atoms with Crippen LogP contribution in [0.25, 0.3) is 0 Å².